The number of nitrogens with one attached hydrogen (secondary N) is 1. The molecule has 2 aromatic carbocycles. The molecule has 0 aromatic heterocycles. The van der Waals surface area contributed by atoms with Gasteiger partial charge in [-0.25, -0.2) is 9.18 Å². The fourth-order valence-corrected chi connectivity index (χ4v) is 2.06. The zero-order valence-electron chi connectivity index (χ0n) is 12.0. The Morgan fingerprint density at radius 3 is 2.58 bits per heavy atom. The highest BCUT2D eigenvalue weighted by atomic mass is 35.5. The van der Waals surface area contributed by atoms with E-state index in [1.54, 1.807) is 0 Å². The number of ether oxygens (including phenoxy) is 1. The summed E-state index contributed by atoms with van der Waals surface area (Å²) in [5.41, 5.74) is -0.848. The molecule has 0 fully saturated rings. The van der Waals surface area contributed by atoms with Crippen molar-refractivity contribution >= 4 is 34.9 Å². The van der Waals surface area contributed by atoms with Crippen LogP contribution >= 0.6 is 11.6 Å². The number of esters is 1. The Morgan fingerprint density at radius 1 is 1.21 bits per heavy atom. The number of rotatable bonds is 5. The van der Waals surface area contributed by atoms with Gasteiger partial charge in [0.1, 0.15) is 17.1 Å². The van der Waals surface area contributed by atoms with Crippen LogP contribution in [-0.4, -0.2) is 23.4 Å². The average molecular weight is 353 g/mol. The van der Waals surface area contributed by atoms with Gasteiger partial charge in [0.25, 0.3) is 11.6 Å². The molecule has 0 heterocycles. The van der Waals surface area contributed by atoms with Crippen molar-refractivity contribution in [3.63, 3.8) is 0 Å². The maximum atomic E-state index is 13.6. The number of hydrogen-bond acceptors (Lipinski definition) is 5. The number of nitro groups is 1. The Hall–Kier alpha value is -3.00. The van der Waals surface area contributed by atoms with E-state index in [4.69, 9.17) is 11.6 Å². The van der Waals surface area contributed by atoms with Crippen molar-refractivity contribution in [2.24, 2.45) is 0 Å². The van der Waals surface area contributed by atoms with Crippen LogP contribution in [0.3, 0.4) is 0 Å². The first-order valence-electron chi connectivity index (χ1n) is 6.54. The van der Waals surface area contributed by atoms with Crippen molar-refractivity contribution in [2.45, 2.75) is 0 Å². The summed E-state index contributed by atoms with van der Waals surface area (Å²) < 4.78 is 18.2. The summed E-state index contributed by atoms with van der Waals surface area (Å²) in [4.78, 5) is 33.7. The maximum absolute atomic E-state index is 13.6. The number of benzene rings is 2. The van der Waals surface area contributed by atoms with Crippen LogP contribution in [0.1, 0.15) is 10.4 Å². The van der Waals surface area contributed by atoms with Gasteiger partial charge in [0, 0.05) is 6.07 Å². The third-order valence-corrected chi connectivity index (χ3v) is 3.19. The van der Waals surface area contributed by atoms with E-state index in [1.807, 2.05) is 0 Å². The largest absolute Gasteiger partial charge is 0.452 e. The molecule has 0 aliphatic heterocycles. The van der Waals surface area contributed by atoms with Crippen LogP contribution in [0.5, 0.6) is 0 Å². The standard InChI is InChI=1S/C15H10ClFN2O5/c16-9-4-3-5-10(17)14(9)15(21)24-8-13(20)18-11-6-1-2-7-12(11)19(22)23/h1-7H,8H2,(H,18,20). The highest BCUT2D eigenvalue weighted by Gasteiger charge is 2.19. The third kappa shape index (κ3) is 4.05. The van der Waals surface area contributed by atoms with Crippen molar-refractivity contribution < 1.29 is 23.6 Å². The Kier molecular flexibility index (Phi) is 5.43. The molecule has 0 aliphatic rings. The molecule has 0 spiro atoms. The lowest BCUT2D eigenvalue weighted by Crippen LogP contribution is -2.22. The van der Waals surface area contributed by atoms with Crippen molar-refractivity contribution in [2.75, 3.05) is 11.9 Å². The van der Waals surface area contributed by atoms with E-state index < -0.39 is 34.8 Å². The van der Waals surface area contributed by atoms with Crippen molar-refractivity contribution in [3.8, 4) is 0 Å². The zero-order chi connectivity index (χ0) is 17.7. The highest BCUT2D eigenvalue weighted by molar-refractivity contribution is 6.33. The minimum absolute atomic E-state index is 0.0486. The summed E-state index contributed by atoms with van der Waals surface area (Å²) >= 11 is 5.71. The number of nitrogens with zero attached hydrogens (tertiary/aromatic N) is 1. The van der Waals surface area contributed by atoms with E-state index in [2.05, 4.69) is 10.1 Å². The normalized spacial score (nSPS) is 10.1. The number of para-hydroxylation sites is 2. The molecule has 0 bridgehead atoms. The van der Waals surface area contributed by atoms with Gasteiger partial charge in [-0.15, -0.1) is 0 Å². The smallest absolute Gasteiger partial charge is 0.343 e. The van der Waals surface area contributed by atoms with Gasteiger partial charge >= 0.3 is 5.97 Å². The lowest BCUT2D eigenvalue weighted by Gasteiger charge is -2.08. The summed E-state index contributed by atoms with van der Waals surface area (Å²) in [6.45, 7) is -0.754. The molecule has 24 heavy (non-hydrogen) atoms. The Labute approximate surface area is 140 Å². The molecule has 0 unspecified atom stereocenters. The first-order valence-corrected chi connectivity index (χ1v) is 6.92. The Balaban J connectivity index is 2.02. The van der Waals surface area contributed by atoms with E-state index in [0.29, 0.717) is 0 Å². The maximum Gasteiger partial charge on any atom is 0.343 e. The van der Waals surface area contributed by atoms with Gasteiger partial charge in [-0.05, 0) is 18.2 Å². The van der Waals surface area contributed by atoms with E-state index >= 15 is 0 Å². The number of halogens is 2. The SMILES string of the molecule is O=C(COC(=O)c1c(F)cccc1Cl)Nc1ccccc1[N+](=O)[O-]. The number of hydrogen-bond donors (Lipinski definition) is 1. The number of carbonyl (C=O) groups is 2. The fourth-order valence-electron chi connectivity index (χ4n) is 1.82. The zero-order valence-corrected chi connectivity index (χ0v) is 12.7. The van der Waals surface area contributed by atoms with Crippen molar-refractivity contribution in [1.82, 2.24) is 0 Å². The number of carbonyl (C=O) groups excluding carboxylic acids is 2. The molecule has 0 aliphatic carbocycles. The molecule has 0 radical (unpaired) electrons. The third-order valence-electron chi connectivity index (χ3n) is 2.88. The lowest BCUT2D eigenvalue weighted by molar-refractivity contribution is -0.383. The van der Waals surface area contributed by atoms with E-state index in [-0.39, 0.29) is 16.4 Å². The summed E-state index contributed by atoms with van der Waals surface area (Å²) in [5.74, 6) is -2.81. The molecule has 9 heteroatoms. The Bertz CT molecular complexity index is 792. The van der Waals surface area contributed by atoms with Crippen molar-refractivity contribution in [3.05, 3.63) is 69.0 Å². The lowest BCUT2D eigenvalue weighted by atomic mass is 10.2. The molecule has 7 nitrogen and oxygen atoms in total. The van der Waals surface area contributed by atoms with Crippen LogP contribution in [-0.2, 0) is 9.53 Å². The monoisotopic (exact) mass is 352 g/mol. The summed E-state index contributed by atoms with van der Waals surface area (Å²) in [7, 11) is 0. The molecular weight excluding hydrogens is 343 g/mol. The molecule has 0 saturated carbocycles. The molecule has 1 N–H and O–H groups in total. The quantitative estimate of drug-likeness (QED) is 0.506. The molecular formula is C15H10ClFN2O5. The minimum atomic E-state index is -1.11. The second-order valence-corrected chi connectivity index (χ2v) is 4.90. The Morgan fingerprint density at radius 2 is 1.92 bits per heavy atom. The topological polar surface area (TPSA) is 98.5 Å². The van der Waals surface area contributed by atoms with Crippen LogP contribution in [0.4, 0.5) is 15.8 Å². The van der Waals surface area contributed by atoms with Crippen LogP contribution in [0.15, 0.2) is 42.5 Å². The highest BCUT2D eigenvalue weighted by Crippen LogP contribution is 2.23. The predicted octanol–water partition coefficient (Wildman–Crippen LogP) is 3.18. The predicted molar refractivity (Wildman–Crippen MR) is 83.4 cm³/mol. The van der Waals surface area contributed by atoms with Crippen LogP contribution in [0, 0.1) is 15.9 Å². The molecule has 1 amide bonds. The summed E-state index contributed by atoms with van der Waals surface area (Å²) in [5, 5.41) is 12.9. The number of amides is 1. The number of anilines is 1. The molecule has 2 aromatic rings. The van der Waals surface area contributed by atoms with Gasteiger partial charge in [-0.1, -0.05) is 29.8 Å². The van der Waals surface area contributed by atoms with Crippen molar-refractivity contribution in [1.29, 1.82) is 0 Å². The summed E-state index contributed by atoms with van der Waals surface area (Å²) in [6.07, 6.45) is 0. The molecule has 0 atom stereocenters. The summed E-state index contributed by atoms with van der Waals surface area (Å²) in [6, 6.07) is 9.11. The second kappa shape index (κ2) is 7.51. The van der Waals surface area contributed by atoms with Gasteiger partial charge < -0.3 is 10.1 Å². The fraction of sp³-hybridized carbons (Fsp3) is 0.0667. The molecule has 0 saturated heterocycles. The van der Waals surface area contributed by atoms with Crippen LogP contribution < -0.4 is 5.32 Å². The van der Waals surface area contributed by atoms with Crippen LogP contribution in [0.25, 0.3) is 0 Å². The van der Waals surface area contributed by atoms with Gasteiger partial charge in [0.05, 0.1) is 9.95 Å². The van der Waals surface area contributed by atoms with E-state index in [1.165, 1.54) is 36.4 Å². The van der Waals surface area contributed by atoms with Gasteiger partial charge in [0.15, 0.2) is 6.61 Å². The number of nitro benzene ring substituents is 1. The van der Waals surface area contributed by atoms with E-state index in [0.717, 1.165) is 6.07 Å². The van der Waals surface area contributed by atoms with Gasteiger partial charge in [-0.2, -0.15) is 0 Å². The first-order chi connectivity index (χ1) is 11.4. The molecule has 124 valence electrons. The van der Waals surface area contributed by atoms with Gasteiger partial charge in [0.2, 0.25) is 0 Å². The minimum Gasteiger partial charge on any atom is -0.452 e. The first kappa shape index (κ1) is 17.4. The van der Waals surface area contributed by atoms with Gasteiger partial charge in [-0.3, -0.25) is 14.9 Å². The van der Waals surface area contributed by atoms with E-state index in [9.17, 15) is 24.1 Å². The second-order valence-electron chi connectivity index (χ2n) is 4.50. The average Bonchev–Trinajstić information content (AvgIpc) is 2.53. The van der Waals surface area contributed by atoms with Crippen LogP contribution in [0.2, 0.25) is 5.02 Å². The molecule has 2 rings (SSSR count).